The van der Waals surface area contributed by atoms with E-state index in [2.05, 4.69) is 10.3 Å². The molecule has 0 saturated heterocycles. The number of carbonyl (C=O) groups is 2. The molecule has 2 heterocycles. The standard InChI is InChI=1S/C27H29N3O3/c1-4-15-28-26(33)27(3)22-8-6-5-7-21(22)25(32)30(23-14-9-18(2)16-29-23)24(27)20-12-10-19(17-31)11-13-20/h5-14,16,24,31H,4,15,17H2,1-3H3,(H,28,33)/t24-,27-/m0/s1. The van der Waals surface area contributed by atoms with Crippen LogP contribution in [0, 0.1) is 6.92 Å². The van der Waals surface area contributed by atoms with Gasteiger partial charge in [0.2, 0.25) is 5.91 Å². The molecule has 1 aliphatic heterocycles. The molecular weight excluding hydrogens is 414 g/mol. The molecule has 2 N–H and O–H groups in total. The number of aliphatic hydroxyl groups is 1. The van der Waals surface area contributed by atoms with E-state index in [0.717, 1.165) is 23.1 Å². The summed E-state index contributed by atoms with van der Waals surface area (Å²) in [6, 6.07) is 17.8. The fourth-order valence-electron chi connectivity index (χ4n) is 4.57. The third-order valence-electron chi connectivity index (χ3n) is 6.37. The fourth-order valence-corrected chi connectivity index (χ4v) is 4.57. The number of aromatic nitrogens is 1. The number of nitrogens with one attached hydrogen (secondary N) is 1. The minimum absolute atomic E-state index is 0.0792. The molecule has 0 aliphatic carbocycles. The third kappa shape index (κ3) is 3.91. The number of aryl methyl sites for hydroxylation is 1. The maximum Gasteiger partial charge on any atom is 0.260 e. The van der Waals surface area contributed by atoms with Crippen LogP contribution in [0.5, 0.6) is 0 Å². The number of hydrogen-bond donors (Lipinski definition) is 2. The van der Waals surface area contributed by atoms with Crippen molar-refractivity contribution in [1.82, 2.24) is 10.3 Å². The second-order valence-corrected chi connectivity index (χ2v) is 8.67. The first kappa shape index (κ1) is 22.7. The molecule has 2 aromatic carbocycles. The summed E-state index contributed by atoms with van der Waals surface area (Å²) in [7, 11) is 0. The summed E-state index contributed by atoms with van der Waals surface area (Å²) >= 11 is 0. The highest BCUT2D eigenvalue weighted by Gasteiger charge is 2.53. The fraction of sp³-hybridized carbons (Fsp3) is 0.296. The van der Waals surface area contributed by atoms with Crippen molar-refractivity contribution >= 4 is 17.6 Å². The van der Waals surface area contributed by atoms with E-state index in [1.54, 1.807) is 17.2 Å². The lowest BCUT2D eigenvalue weighted by Crippen LogP contribution is -2.57. The molecule has 1 aliphatic rings. The smallest absolute Gasteiger partial charge is 0.260 e. The van der Waals surface area contributed by atoms with Crippen LogP contribution in [-0.2, 0) is 16.8 Å². The Bertz CT molecular complexity index is 1160. The van der Waals surface area contributed by atoms with Crippen LogP contribution in [-0.4, -0.2) is 28.4 Å². The summed E-state index contributed by atoms with van der Waals surface area (Å²) in [5, 5.41) is 12.6. The summed E-state index contributed by atoms with van der Waals surface area (Å²) in [5.41, 5.74) is 2.67. The SMILES string of the molecule is CCCNC(=O)[C@@]1(C)c2ccccc2C(=O)N(c2ccc(C)cn2)[C@H]1c1ccc(CO)cc1. The number of hydrogen-bond acceptors (Lipinski definition) is 4. The maximum atomic E-state index is 13.8. The zero-order chi connectivity index (χ0) is 23.6. The van der Waals surface area contributed by atoms with Crippen molar-refractivity contribution < 1.29 is 14.7 Å². The van der Waals surface area contributed by atoms with Gasteiger partial charge in [0.15, 0.2) is 0 Å². The highest BCUT2D eigenvalue weighted by Crippen LogP contribution is 2.48. The van der Waals surface area contributed by atoms with Gasteiger partial charge in [0.25, 0.3) is 5.91 Å². The van der Waals surface area contributed by atoms with Crippen LogP contribution in [0.3, 0.4) is 0 Å². The lowest BCUT2D eigenvalue weighted by molar-refractivity contribution is -0.127. The molecule has 170 valence electrons. The van der Waals surface area contributed by atoms with Crippen LogP contribution in [0.1, 0.15) is 58.9 Å². The molecule has 3 aromatic rings. The lowest BCUT2D eigenvalue weighted by atomic mass is 9.67. The van der Waals surface area contributed by atoms with Gasteiger partial charge in [-0.2, -0.15) is 0 Å². The van der Waals surface area contributed by atoms with Gasteiger partial charge in [-0.3, -0.25) is 14.5 Å². The van der Waals surface area contributed by atoms with E-state index < -0.39 is 11.5 Å². The second kappa shape index (κ2) is 9.16. The Kier molecular flexibility index (Phi) is 6.29. The summed E-state index contributed by atoms with van der Waals surface area (Å²) in [6.07, 6.45) is 2.53. The Morgan fingerprint density at radius 2 is 1.85 bits per heavy atom. The summed E-state index contributed by atoms with van der Waals surface area (Å²) in [6.45, 7) is 6.31. The van der Waals surface area contributed by atoms with E-state index in [1.807, 2.05) is 75.4 Å². The first-order valence-corrected chi connectivity index (χ1v) is 11.3. The normalized spacial score (nSPS) is 19.8. The van der Waals surface area contributed by atoms with Gasteiger partial charge in [0, 0.05) is 18.3 Å². The number of rotatable bonds is 6. The van der Waals surface area contributed by atoms with Crippen molar-refractivity contribution in [3.63, 3.8) is 0 Å². The molecule has 4 rings (SSSR count). The van der Waals surface area contributed by atoms with E-state index in [0.29, 0.717) is 23.5 Å². The first-order chi connectivity index (χ1) is 15.9. The van der Waals surface area contributed by atoms with Crippen LogP contribution < -0.4 is 10.2 Å². The van der Waals surface area contributed by atoms with Gasteiger partial charge >= 0.3 is 0 Å². The number of benzene rings is 2. The Labute approximate surface area is 194 Å². The highest BCUT2D eigenvalue weighted by molar-refractivity contribution is 6.12. The average molecular weight is 444 g/mol. The maximum absolute atomic E-state index is 13.8. The van der Waals surface area contributed by atoms with Gasteiger partial charge in [-0.1, -0.05) is 55.5 Å². The van der Waals surface area contributed by atoms with Gasteiger partial charge in [0.05, 0.1) is 18.1 Å². The molecular formula is C27H29N3O3. The summed E-state index contributed by atoms with van der Waals surface area (Å²) in [5.74, 6) is 0.155. The van der Waals surface area contributed by atoms with Crippen molar-refractivity contribution in [3.05, 3.63) is 94.7 Å². The number of nitrogens with zero attached hydrogens (tertiary/aromatic N) is 2. The molecule has 0 unspecified atom stereocenters. The quantitative estimate of drug-likeness (QED) is 0.602. The van der Waals surface area contributed by atoms with E-state index in [4.69, 9.17) is 0 Å². The number of pyridine rings is 1. The minimum Gasteiger partial charge on any atom is -0.392 e. The largest absolute Gasteiger partial charge is 0.392 e. The predicted octanol–water partition coefficient (Wildman–Crippen LogP) is 4.07. The highest BCUT2D eigenvalue weighted by atomic mass is 16.3. The topological polar surface area (TPSA) is 82.5 Å². The number of anilines is 1. The molecule has 6 nitrogen and oxygen atoms in total. The molecule has 0 saturated carbocycles. The van der Waals surface area contributed by atoms with E-state index >= 15 is 0 Å². The Morgan fingerprint density at radius 3 is 2.48 bits per heavy atom. The van der Waals surface area contributed by atoms with E-state index in [9.17, 15) is 14.7 Å². The summed E-state index contributed by atoms with van der Waals surface area (Å²) in [4.78, 5) is 33.8. The van der Waals surface area contributed by atoms with Crippen molar-refractivity contribution in [2.45, 2.75) is 45.3 Å². The Morgan fingerprint density at radius 1 is 1.12 bits per heavy atom. The number of aliphatic hydroxyl groups excluding tert-OH is 1. The monoisotopic (exact) mass is 443 g/mol. The van der Waals surface area contributed by atoms with Gasteiger partial charge in [-0.05, 0) is 54.7 Å². The van der Waals surface area contributed by atoms with Gasteiger partial charge in [0.1, 0.15) is 5.82 Å². The van der Waals surface area contributed by atoms with Crippen molar-refractivity contribution in [2.75, 3.05) is 11.4 Å². The van der Waals surface area contributed by atoms with Crippen LogP contribution in [0.25, 0.3) is 0 Å². The van der Waals surface area contributed by atoms with Crippen molar-refractivity contribution in [3.8, 4) is 0 Å². The average Bonchev–Trinajstić information content (AvgIpc) is 2.85. The molecule has 33 heavy (non-hydrogen) atoms. The van der Waals surface area contributed by atoms with Crippen LogP contribution in [0.2, 0.25) is 0 Å². The molecule has 0 fully saturated rings. The first-order valence-electron chi connectivity index (χ1n) is 11.3. The Hall–Kier alpha value is -3.51. The third-order valence-corrected chi connectivity index (χ3v) is 6.37. The van der Waals surface area contributed by atoms with Crippen LogP contribution in [0.4, 0.5) is 5.82 Å². The number of amides is 2. The van der Waals surface area contributed by atoms with E-state index in [1.165, 1.54) is 0 Å². The molecule has 0 bridgehead atoms. The molecule has 0 spiro atoms. The zero-order valence-electron chi connectivity index (χ0n) is 19.2. The van der Waals surface area contributed by atoms with E-state index in [-0.39, 0.29) is 18.4 Å². The number of carbonyl (C=O) groups excluding carboxylic acids is 2. The van der Waals surface area contributed by atoms with Gasteiger partial charge in [-0.25, -0.2) is 4.98 Å². The predicted molar refractivity (Wildman–Crippen MR) is 128 cm³/mol. The molecule has 0 radical (unpaired) electrons. The van der Waals surface area contributed by atoms with Gasteiger partial charge < -0.3 is 10.4 Å². The Balaban J connectivity index is 1.99. The van der Waals surface area contributed by atoms with Gasteiger partial charge in [-0.15, -0.1) is 0 Å². The summed E-state index contributed by atoms with van der Waals surface area (Å²) < 4.78 is 0. The lowest BCUT2D eigenvalue weighted by Gasteiger charge is -2.47. The van der Waals surface area contributed by atoms with Crippen molar-refractivity contribution in [2.24, 2.45) is 0 Å². The minimum atomic E-state index is -1.06. The zero-order valence-corrected chi connectivity index (χ0v) is 19.2. The number of fused-ring (bicyclic) bond motifs is 1. The van der Waals surface area contributed by atoms with Crippen molar-refractivity contribution in [1.29, 1.82) is 0 Å². The molecule has 6 heteroatoms. The molecule has 2 amide bonds. The van der Waals surface area contributed by atoms with Crippen LogP contribution >= 0.6 is 0 Å². The molecule has 2 atom stereocenters. The molecule has 1 aromatic heterocycles. The van der Waals surface area contributed by atoms with Crippen LogP contribution in [0.15, 0.2) is 66.9 Å². The second-order valence-electron chi connectivity index (χ2n) is 8.67.